The van der Waals surface area contributed by atoms with Gasteiger partial charge in [-0.15, -0.1) is 0 Å². The lowest BCUT2D eigenvalue weighted by atomic mass is 10.1. The molecule has 16 heavy (non-hydrogen) atoms. The van der Waals surface area contributed by atoms with Crippen LogP contribution in [0.5, 0.6) is 0 Å². The predicted molar refractivity (Wildman–Crippen MR) is 70.3 cm³/mol. The molecule has 88 valence electrons. The van der Waals surface area contributed by atoms with Gasteiger partial charge in [-0.05, 0) is 50.6 Å². The first-order chi connectivity index (χ1) is 7.76. The van der Waals surface area contributed by atoms with Gasteiger partial charge in [0.2, 0.25) is 0 Å². The SMILES string of the molecule is CCN(c1ccc(Cl)cc1CNC)C1CC1. The van der Waals surface area contributed by atoms with Gasteiger partial charge in [-0.1, -0.05) is 11.6 Å². The van der Waals surface area contributed by atoms with Crippen molar-refractivity contribution in [1.82, 2.24) is 5.32 Å². The Bertz CT molecular complexity index is 361. The molecule has 0 spiro atoms. The van der Waals surface area contributed by atoms with Crippen molar-refractivity contribution in [3.8, 4) is 0 Å². The third-order valence-electron chi connectivity index (χ3n) is 3.05. The molecule has 0 atom stereocenters. The summed E-state index contributed by atoms with van der Waals surface area (Å²) in [7, 11) is 1.97. The summed E-state index contributed by atoms with van der Waals surface area (Å²) in [5, 5.41) is 4.02. The third-order valence-corrected chi connectivity index (χ3v) is 3.28. The van der Waals surface area contributed by atoms with E-state index in [-0.39, 0.29) is 0 Å². The maximum atomic E-state index is 6.05. The molecule has 2 rings (SSSR count). The number of nitrogens with zero attached hydrogens (tertiary/aromatic N) is 1. The van der Waals surface area contributed by atoms with Gasteiger partial charge in [-0.3, -0.25) is 0 Å². The van der Waals surface area contributed by atoms with Gasteiger partial charge in [0.15, 0.2) is 0 Å². The summed E-state index contributed by atoms with van der Waals surface area (Å²) in [4.78, 5) is 2.49. The third kappa shape index (κ3) is 2.50. The summed E-state index contributed by atoms with van der Waals surface area (Å²) in [6.45, 7) is 4.16. The van der Waals surface area contributed by atoms with E-state index in [4.69, 9.17) is 11.6 Å². The molecule has 0 heterocycles. The molecular weight excluding hydrogens is 220 g/mol. The van der Waals surface area contributed by atoms with Crippen LogP contribution in [-0.4, -0.2) is 19.6 Å². The van der Waals surface area contributed by atoms with Crippen molar-refractivity contribution in [1.29, 1.82) is 0 Å². The number of hydrogen-bond donors (Lipinski definition) is 1. The molecule has 3 heteroatoms. The van der Waals surface area contributed by atoms with Crippen LogP contribution >= 0.6 is 11.6 Å². The molecule has 0 radical (unpaired) electrons. The summed E-state index contributed by atoms with van der Waals surface area (Å²) in [6, 6.07) is 6.96. The molecule has 1 N–H and O–H groups in total. The zero-order valence-corrected chi connectivity index (χ0v) is 10.7. The molecule has 0 aromatic heterocycles. The van der Waals surface area contributed by atoms with Crippen LogP contribution in [0.15, 0.2) is 18.2 Å². The van der Waals surface area contributed by atoms with E-state index in [0.29, 0.717) is 0 Å². The molecule has 0 bridgehead atoms. The summed E-state index contributed by atoms with van der Waals surface area (Å²) in [5.41, 5.74) is 2.63. The average Bonchev–Trinajstić information content (AvgIpc) is 3.07. The number of nitrogens with one attached hydrogen (secondary N) is 1. The second-order valence-electron chi connectivity index (χ2n) is 4.32. The average molecular weight is 239 g/mol. The highest BCUT2D eigenvalue weighted by atomic mass is 35.5. The van der Waals surface area contributed by atoms with E-state index in [1.807, 2.05) is 13.1 Å². The Hall–Kier alpha value is -0.730. The van der Waals surface area contributed by atoms with Gasteiger partial charge in [0.1, 0.15) is 0 Å². The van der Waals surface area contributed by atoms with Crippen molar-refractivity contribution in [2.24, 2.45) is 0 Å². The highest BCUT2D eigenvalue weighted by Crippen LogP contribution is 2.34. The topological polar surface area (TPSA) is 15.3 Å². The minimum atomic E-state index is 0.752. The Morgan fingerprint density at radius 2 is 2.19 bits per heavy atom. The zero-order chi connectivity index (χ0) is 11.5. The number of anilines is 1. The molecule has 1 aliphatic carbocycles. The van der Waals surface area contributed by atoms with E-state index >= 15 is 0 Å². The van der Waals surface area contributed by atoms with Crippen LogP contribution in [0.3, 0.4) is 0 Å². The summed E-state index contributed by atoms with van der Waals surface area (Å²) < 4.78 is 0. The van der Waals surface area contributed by atoms with E-state index < -0.39 is 0 Å². The number of hydrogen-bond acceptors (Lipinski definition) is 2. The van der Waals surface area contributed by atoms with Crippen LogP contribution in [0.25, 0.3) is 0 Å². The van der Waals surface area contributed by atoms with Gasteiger partial charge in [0, 0.05) is 29.8 Å². The minimum Gasteiger partial charge on any atom is -0.369 e. The minimum absolute atomic E-state index is 0.752. The molecule has 2 nitrogen and oxygen atoms in total. The van der Waals surface area contributed by atoms with E-state index in [1.165, 1.54) is 24.1 Å². The molecule has 1 fully saturated rings. The van der Waals surface area contributed by atoms with Gasteiger partial charge in [-0.25, -0.2) is 0 Å². The highest BCUT2D eigenvalue weighted by Gasteiger charge is 2.29. The standard InChI is InChI=1S/C13H19ClN2/c1-3-16(12-5-6-12)13-7-4-11(14)8-10(13)9-15-2/h4,7-8,12,15H,3,5-6,9H2,1-2H3. The van der Waals surface area contributed by atoms with Gasteiger partial charge in [-0.2, -0.15) is 0 Å². The van der Waals surface area contributed by atoms with Crippen LogP contribution in [0.2, 0.25) is 5.02 Å². The molecular formula is C13H19ClN2. The monoisotopic (exact) mass is 238 g/mol. The van der Waals surface area contributed by atoms with Crippen molar-refractivity contribution in [2.75, 3.05) is 18.5 Å². The second-order valence-corrected chi connectivity index (χ2v) is 4.76. The lowest BCUT2D eigenvalue weighted by Crippen LogP contribution is -2.26. The molecule has 0 saturated heterocycles. The lowest BCUT2D eigenvalue weighted by Gasteiger charge is -2.25. The largest absolute Gasteiger partial charge is 0.369 e. The Labute approximate surface area is 103 Å². The fraction of sp³-hybridized carbons (Fsp3) is 0.538. The zero-order valence-electron chi connectivity index (χ0n) is 9.96. The normalized spacial score (nSPS) is 15.2. The number of rotatable bonds is 5. The first-order valence-electron chi connectivity index (χ1n) is 5.96. The Morgan fingerprint density at radius 3 is 2.75 bits per heavy atom. The molecule has 1 aromatic carbocycles. The number of halogens is 1. The fourth-order valence-electron chi connectivity index (χ4n) is 2.18. The molecule has 1 aromatic rings. The Morgan fingerprint density at radius 1 is 1.44 bits per heavy atom. The van der Waals surface area contributed by atoms with E-state index in [1.54, 1.807) is 0 Å². The van der Waals surface area contributed by atoms with Crippen LogP contribution < -0.4 is 10.2 Å². The van der Waals surface area contributed by atoms with Crippen LogP contribution in [0, 0.1) is 0 Å². The maximum absolute atomic E-state index is 6.05. The lowest BCUT2D eigenvalue weighted by molar-refractivity contribution is 0.782. The Balaban J connectivity index is 2.29. The van der Waals surface area contributed by atoms with Crippen LogP contribution in [0.4, 0.5) is 5.69 Å². The molecule has 1 saturated carbocycles. The summed E-state index contributed by atoms with van der Waals surface area (Å²) in [5.74, 6) is 0. The quantitative estimate of drug-likeness (QED) is 0.848. The molecule has 1 aliphatic rings. The first kappa shape index (κ1) is 11.7. The maximum Gasteiger partial charge on any atom is 0.0415 e. The van der Waals surface area contributed by atoms with Crippen molar-refractivity contribution >= 4 is 17.3 Å². The molecule has 0 amide bonds. The van der Waals surface area contributed by atoms with Crippen molar-refractivity contribution in [3.63, 3.8) is 0 Å². The van der Waals surface area contributed by atoms with Crippen molar-refractivity contribution in [2.45, 2.75) is 32.4 Å². The molecule has 0 unspecified atom stereocenters. The second kappa shape index (κ2) is 5.07. The van der Waals surface area contributed by atoms with E-state index in [2.05, 4.69) is 29.3 Å². The van der Waals surface area contributed by atoms with Gasteiger partial charge >= 0.3 is 0 Å². The first-order valence-corrected chi connectivity index (χ1v) is 6.33. The van der Waals surface area contributed by atoms with Crippen LogP contribution in [0.1, 0.15) is 25.3 Å². The van der Waals surface area contributed by atoms with Crippen LogP contribution in [-0.2, 0) is 6.54 Å². The number of benzene rings is 1. The smallest absolute Gasteiger partial charge is 0.0415 e. The Kier molecular flexibility index (Phi) is 3.72. The predicted octanol–water partition coefficient (Wildman–Crippen LogP) is 3.05. The van der Waals surface area contributed by atoms with Gasteiger partial charge in [0.05, 0.1) is 0 Å². The summed E-state index contributed by atoms with van der Waals surface area (Å²) >= 11 is 6.05. The van der Waals surface area contributed by atoms with E-state index in [0.717, 1.165) is 24.2 Å². The fourth-order valence-corrected chi connectivity index (χ4v) is 2.37. The summed E-state index contributed by atoms with van der Waals surface area (Å²) in [6.07, 6.45) is 2.66. The van der Waals surface area contributed by atoms with Crippen molar-refractivity contribution in [3.05, 3.63) is 28.8 Å². The van der Waals surface area contributed by atoms with Crippen molar-refractivity contribution < 1.29 is 0 Å². The van der Waals surface area contributed by atoms with Gasteiger partial charge in [0.25, 0.3) is 0 Å². The van der Waals surface area contributed by atoms with E-state index in [9.17, 15) is 0 Å². The van der Waals surface area contributed by atoms with Gasteiger partial charge < -0.3 is 10.2 Å². The molecule has 0 aliphatic heterocycles. The highest BCUT2D eigenvalue weighted by molar-refractivity contribution is 6.30.